The van der Waals surface area contributed by atoms with E-state index in [1.54, 1.807) is 13.2 Å². The van der Waals surface area contributed by atoms with E-state index in [2.05, 4.69) is 5.32 Å². The minimum atomic E-state index is -0.576. The molecule has 0 aliphatic carbocycles. The standard InChI is InChI=1S/C31H26N2O4/c1-20(21-8-4-3-5-9-21)32-30(34)19-37-31(35)27-18-29(33-28-11-7-6-10-26(27)28)24-13-12-23-17-25(36-2)15-14-22(23)16-24/h3-18,20H,19H2,1-2H3,(H,32,34)/t20-/m0/s1. The van der Waals surface area contributed by atoms with Gasteiger partial charge in [-0.05, 0) is 53.6 Å². The summed E-state index contributed by atoms with van der Waals surface area (Å²) < 4.78 is 10.7. The summed E-state index contributed by atoms with van der Waals surface area (Å²) in [6.45, 7) is 1.51. The molecule has 1 N–H and O–H groups in total. The third-order valence-electron chi connectivity index (χ3n) is 6.29. The number of para-hydroxylation sites is 1. The zero-order valence-electron chi connectivity index (χ0n) is 20.6. The SMILES string of the molecule is COc1ccc2cc(-c3cc(C(=O)OCC(=O)N[C@@H](C)c4ccccc4)c4ccccc4n3)ccc2c1. The molecule has 0 unspecified atom stereocenters. The minimum Gasteiger partial charge on any atom is -0.497 e. The Morgan fingerprint density at radius 2 is 1.59 bits per heavy atom. The highest BCUT2D eigenvalue weighted by atomic mass is 16.5. The van der Waals surface area contributed by atoms with Crippen molar-refractivity contribution in [2.24, 2.45) is 0 Å². The maximum atomic E-state index is 13.1. The Hall–Kier alpha value is -4.71. The molecule has 0 spiro atoms. The highest BCUT2D eigenvalue weighted by molar-refractivity contribution is 6.05. The number of benzene rings is 4. The Balaban J connectivity index is 1.39. The third-order valence-corrected chi connectivity index (χ3v) is 6.29. The van der Waals surface area contributed by atoms with Gasteiger partial charge in [0, 0.05) is 10.9 Å². The molecule has 0 aliphatic heterocycles. The van der Waals surface area contributed by atoms with Gasteiger partial charge in [-0.2, -0.15) is 0 Å². The molecule has 1 heterocycles. The molecule has 184 valence electrons. The van der Waals surface area contributed by atoms with Crippen LogP contribution in [-0.4, -0.2) is 30.6 Å². The van der Waals surface area contributed by atoms with Gasteiger partial charge in [-0.1, -0.05) is 66.7 Å². The molecule has 0 saturated carbocycles. The molecule has 5 rings (SSSR count). The summed E-state index contributed by atoms with van der Waals surface area (Å²) >= 11 is 0. The highest BCUT2D eigenvalue weighted by Gasteiger charge is 2.18. The number of hydrogen-bond acceptors (Lipinski definition) is 5. The van der Waals surface area contributed by atoms with Crippen molar-refractivity contribution >= 4 is 33.6 Å². The Labute approximate surface area is 214 Å². The fraction of sp³-hybridized carbons (Fsp3) is 0.129. The second-order valence-corrected chi connectivity index (χ2v) is 8.78. The predicted octanol–water partition coefficient (Wildman–Crippen LogP) is 6.10. The van der Waals surface area contributed by atoms with E-state index in [9.17, 15) is 9.59 Å². The first-order chi connectivity index (χ1) is 18.0. The Kier molecular flexibility index (Phi) is 6.81. The number of amides is 1. The molecule has 1 aromatic heterocycles. The molecule has 6 heteroatoms. The zero-order chi connectivity index (χ0) is 25.8. The number of nitrogens with one attached hydrogen (secondary N) is 1. The van der Waals surface area contributed by atoms with Crippen LogP contribution in [0, 0.1) is 0 Å². The third kappa shape index (κ3) is 5.28. The average Bonchev–Trinajstić information content (AvgIpc) is 2.95. The fourth-order valence-electron chi connectivity index (χ4n) is 4.32. The van der Waals surface area contributed by atoms with E-state index < -0.39 is 5.97 Å². The van der Waals surface area contributed by atoms with Crippen molar-refractivity contribution in [1.29, 1.82) is 0 Å². The second kappa shape index (κ2) is 10.5. The van der Waals surface area contributed by atoms with E-state index in [0.717, 1.165) is 27.6 Å². The van der Waals surface area contributed by atoms with Crippen molar-refractivity contribution in [1.82, 2.24) is 10.3 Å². The van der Waals surface area contributed by atoms with Gasteiger partial charge in [-0.3, -0.25) is 4.79 Å². The van der Waals surface area contributed by atoms with E-state index in [0.29, 0.717) is 22.2 Å². The summed E-state index contributed by atoms with van der Waals surface area (Å²) in [5, 5.41) is 5.60. The Morgan fingerprint density at radius 1 is 0.865 bits per heavy atom. The van der Waals surface area contributed by atoms with Gasteiger partial charge in [0.15, 0.2) is 6.61 Å². The largest absolute Gasteiger partial charge is 0.497 e. The van der Waals surface area contributed by atoms with Crippen LogP contribution in [0.1, 0.15) is 28.9 Å². The molecular formula is C31H26N2O4. The number of carbonyl (C=O) groups excluding carboxylic acids is 2. The molecular weight excluding hydrogens is 464 g/mol. The first-order valence-electron chi connectivity index (χ1n) is 12.0. The van der Waals surface area contributed by atoms with Gasteiger partial charge in [0.05, 0.1) is 29.9 Å². The number of aromatic nitrogens is 1. The molecule has 0 saturated heterocycles. The molecule has 6 nitrogen and oxygen atoms in total. The van der Waals surface area contributed by atoms with Crippen LogP contribution in [0.3, 0.4) is 0 Å². The predicted molar refractivity (Wildman–Crippen MR) is 145 cm³/mol. The topological polar surface area (TPSA) is 77.5 Å². The maximum Gasteiger partial charge on any atom is 0.339 e. The zero-order valence-corrected chi connectivity index (χ0v) is 20.6. The quantitative estimate of drug-likeness (QED) is 0.279. The van der Waals surface area contributed by atoms with Crippen molar-refractivity contribution in [2.75, 3.05) is 13.7 Å². The van der Waals surface area contributed by atoms with Gasteiger partial charge in [0.1, 0.15) is 5.75 Å². The summed E-state index contributed by atoms with van der Waals surface area (Å²) in [7, 11) is 1.64. The average molecular weight is 491 g/mol. The monoisotopic (exact) mass is 490 g/mol. The molecule has 0 aliphatic rings. The first-order valence-corrected chi connectivity index (χ1v) is 12.0. The smallest absolute Gasteiger partial charge is 0.339 e. The summed E-state index contributed by atoms with van der Waals surface area (Å²) in [4.78, 5) is 30.4. The van der Waals surface area contributed by atoms with Crippen LogP contribution in [-0.2, 0) is 9.53 Å². The van der Waals surface area contributed by atoms with E-state index >= 15 is 0 Å². The Bertz CT molecular complexity index is 1600. The number of methoxy groups -OCH3 is 1. The molecule has 4 aromatic carbocycles. The van der Waals surface area contributed by atoms with Crippen LogP contribution >= 0.6 is 0 Å². The number of esters is 1. The van der Waals surface area contributed by atoms with Gasteiger partial charge < -0.3 is 14.8 Å². The number of fused-ring (bicyclic) bond motifs is 2. The van der Waals surface area contributed by atoms with Gasteiger partial charge in [-0.25, -0.2) is 9.78 Å². The first kappa shape index (κ1) is 24.0. The van der Waals surface area contributed by atoms with Crippen molar-refractivity contribution in [3.8, 4) is 17.0 Å². The Morgan fingerprint density at radius 3 is 2.41 bits per heavy atom. The second-order valence-electron chi connectivity index (χ2n) is 8.78. The molecule has 0 bridgehead atoms. The van der Waals surface area contributed by atoms with E-state index in [1.807, 2.05) is 97.9 Å². The lowest BCUT2D eigenvalue weighted by Gasteiger charge is -2.15. The number of carbonyl (C=O) groups is 2. The normalized spacial score (nSPS) is 11.7. The van der Waals surface area contributed by atoms with Gasteiger partial charge >= 0.3 is 5.97 Å². The summed E-state index contributed by atoms with van der Waals surface area (Å²) in [5.41, 5.74) is 3.52. The number of hydrogen-bond donors (Lipinski definition) is 1. The number of rotatable bonds is 7. The fourth-order valence-corrected chi connectivity index (χ4v) is 4.32. The molecule has 37 heavy (non-hydrogen) atoms. The lowest BCUT2D eigenvalue weighted by Crippen LogP contribution is -2.31. The summed E-state index contributed by atoms with van der Waals surface area (Å²) in [6, 6.07) is 30.4. The highest BCUT2D eigenvalue weighted by Crippen LogP contribution is 2.29. The molecule has 5 aromatic rings. The number of pyridine rings is 1. The summed E-state index contributed by atoms with van der Waals surface area (Å²) in [6.07, 6.45) is 0. The molecule has 0 fully saturated rings. The van der Waals surface area contributed by atoms with Crippen LogP contribution in [0.15, 0.2) is 97.1 Å². The minimum absolute atomic E-state index is 0.200. The molecule has 1 amide bonds. The van der Waals surface area contributed by atoms with Crippen LogP contribution in [0.2, 0.25) is 0 Å². The van der Waals surface area contributed by atoms with E-state index in [4.69, 9.17) is 14.5 Å². The van der Waals surface area contributed by atoms with Crippen molar-refractivity contribution in [3.63, 3.8) is 0 Å². The lowest BCUT2D eigenvalue weighted by atomic mass is 10.0. The maximum absolute atomic E-state index is 13.1. The van der Waals surface area contributed by atoms with Gasteiger partial charge in [0.25, 0.3) is 5.91 Å². The van der Waals surface area contributed by atoms with Crippen molar-refractivity contribution < 1.29 is 19.1 Å². The van der Waals surface area contributed by atoms with E-state index in [-0.39, 0.29) is 18.6 Å². The molecule has 1 atom stereocenters. The summed E-state index contributed by atoms with van der Waals surface area (Å²) in [5.74, 6) is -0.155. The van der Waals surface area contributed by atoms with Gasteiger partial charge in [0.2, 0.25) is 0 Å². The number of nitrogens with zero attached hydrogens (tertiary/aromatic N) is 1. The van der Waals surface area contributed by atoms with Crippen LogP contribution in [0.25, 0.3) is 32.9 Å². The van der Waals surface area contributed by atoms with E-state index in [1.165, 1.54) is 0 Å². The molecule has 0 radical (unpaired) electrons. The van der Waals surface area contributed by atoms with Crippen LogP contribution in [0.4, 0.5) is 0 Å². The van der Waals surface area contributed by atoms with Crippen molar-refractivity contribution in [2.45, 2.75) is 13.0 Å². The van der Waals surface area contributed by atoms with Crippen molar-refractivity contribution in [3.05, 3.63) is 108 Å². The lowest BCUT2D eigenvalue weighted by molar-refractivity contribution is -0.124. The van der Waals surface area contributed by atoms with Crippen LogP contribution in [0.5, 0.6) is 5.75 Å². The number of ether oxygens (including phenoxy) is 2. The van der Waals surface area contributed by atoms with Gasteiger partial charge in [-0.15, -0.1) is 0 Å². The van der Waals surface area contributed by atoms with Crippen LogP contribution < -0.4 is 10.1 Å².